The van der Waals surface area contributed by atoms with Gasteiger partial charge in [-0.05, 0) is 62.0 Å². The third-order valence-corrected chi connectivity index (χ3v) is 4.28. The van der Waals surface area contributed by atoms with E-state index in [1.165, 1.54) is 5.56 Å². The number of nitriles is 1. The molecule has 0 amide bonds. The molecular formula is C16H14Br2N2. The van der Waals surface area contributed by atoms with Crippen LogP contribution in [0.2, 0.25) is 0 Å². The molecule has 0 heterocycles. The molecule has 0 bridgehead atoms. The Morgan fingerprint density at radius 3 is 2.30 bits per heavy atom. The monoisotopic (exact) mass is 392 g/mol. The van der Waals surface area contributed by atoms with Crippen LogP contribution < -0.4 is 5.32 Å². The van der Waals surface area contributed by atoms with Gasteiger partial charge in [-0.25, -0.2) is 0 Å². The fourth-order valence-corrected chi connectivity index (χ4v) is 3.69. The van der Waals surface area contributed by atoms with Crippen molar-refractivity contribution in [2.24, 2.45) is 0 Å². The molecule has 0 aromatic heterocycles. The fourth-order valence-electron chi connectivity index (χ4n) is 2.00. The Kier molecular flexibility index (Phi) is 5.22. The maximum absolute atomic E-state index is 9.33. The molecule has 1 atom stereocenters. The van der Waals surface area contributed by atoms with Gasteiger partial charge in [-0.1, -0.05) is 30.3 Å². The van der Waals surface area contributed by atoms with Crippen LogP contribution >= 0.6 is 31.9 Å². The third kappa shape index (κ3) is 3.62. The summed E-state index contributed by atoms with van der Waals surface area (Å²) in [7, 11) is 0. The highest BCUT2D eigenvalue weighted by Gasteiger charge is 2.12. The van der Waals surface area contributed by atoms with Crippen molar-refractivity contribution >= 4 is 37.5 Å². The van der Waals surface area contributed by atoms with Gasteiger partial charge in [-0.2, -0.15) is 5.26 Å². The highest BCUT2D eigenvalue weighted by molar-refractivity contribution is 9.11. The van der Waals surface area contributed by atoms with E-state index < -0.39 is 0 Å². The maximum Gasteiger partial charge on any atom is 0.0885 e. The summed E-state index contributed by atoms with van der Waals surface area (Å²) < 4.78 is 1.99. The largest absolute Gasteiger partial charge is 0.382 e. The molecule has 0 aliphatic carbocycles. The lowest BCUT2D eigenvalue weighted by atomic mass is 10.0. The first kappa shape index (κ1) is 15.1. The van der Waals surface area contributed by atoms with Crippen LogP contribution in [0.5, 0.6) is 0 Å². The number of anilines is 1. The van der Waals surface area contributed by atoms with Crippen LogP contribution in [0.3, 0.4) is 0 Å². The van der Waals surface area contributed by atoms with E-state index in [4.69, 9.17) is 0 Å². The van der Waals surface area contributed by atoms with Crippen LogP contribution in [0.25, 0.3) is 0 Å². The molecule has 0 radical (unpaired) electrons. The second-order valence-corrected chi connectivity index (χ2v) is 6.29. The zero-order valence-electron chi connectivity index (χ0n) is 11.0. The van der Waals surface area contributed by atoms with Crippen molar-refractivity contribution in [3.8, 4) is 6.07 Å². The van der Waals surface area contributed by atoms with Gasteiger partial charge in [0, 0.05) is 15.5 Å². The number of hydrogen-bond donors (Lipinski definition) is 1. The zero-order chi connectivity index (χ0) is 14.5. The average Bonchev–Trinajstić information content (AvgIpc) is 2.43. The number of nitrogens with one attached hydrogen (secondary N) is 1. The number of halogens is 2. The van der Waals surface area contributed by atoms with Gasteiger partial charge < -0.3 is 5.32 Å². The van der Waals surface area contributed by atoms with E-state index in [2.05, 4.69) is 55.4 Å². The van der Waals surface area contributed by atoms with E-state index in [0.29, 0.717) is 6.54 Å². The average molecular weight is 394 g/mol. The number of hydrogen-bond acceptors (Lipinski definition) is 2. The van der Waals surface area contributed by atoms with Gasteiger partial charge in [0.1, 0.15) is 0 Å². The second kappa shape index (κ2) is 6.92. The van der Waals surface area contributed by atoms with Crippen LogP contribution in [0.1, 0.15) is 17.0 Å². The minimum absolute atomic E-state index is 0.170. The minimum atomic E-state index is -0.170. The molecule has 0 saturated carbocycles. The van der Waals surface area contributed by atoms with Crippen molar-refractivity contribution in [2.45, 2.75) is 12.8 Å². The van der Waals surface area contributed by atoms with Crippen LogP contribution in [-0.4, -0.2) is 6.54 Å². The standard InChI is InChI=1S/C16H14Br2N2/c1-11-7-14(17)16(15(18)8-11)20-10-13(9-19)12-5-3-2-4-6-12/h2-8,13,20H,10H2,1H3. The molecule has 4 heteroatoms. The van der Waals surface area contributed by atoms with Crippen LogP contribution in [-0.2, 0) is 0 Å². The first-order valence-corrected chi connectivity index (χ1v) is 7.84. The molecule has 0 aliphatic heterocycles. The van der Waals surface area contributed by atoms with Crippen molar-refractivity contribution in [3.05, 3.63) is 62.5 Å². The van der Waals surface area contributed by atoms with Gasteiger partial charge in [0.25, 0.3) is 0 Å². The van der Waals surface area contributed by atoms with E-state index >= 15 is 0 Å². The molecular weight excluding hydrogens is 380 g/mol. The number of nitrogens with zero attached hydrogens (tertiary/aromatic N) is 1. The molecule has 2 rings (SSSR count). The summed E-state index contributed by atoms with van der Waals surface area (Å²) in [5.41, 5.74) is 3.18. The Morgan fingerprint density at radius 2 is 1.75 bits per heavy atom. The van der Waals surface area contributed by atoms with E-state index in [1.807, 2.05) is 37.3 Å². The van der Waals surface area contributed by atoms with E-state index in [-0.39, 0.29) is 5.92 Å². The highest BCUT2D eigenvalue weighted by atomic mass is 79.9. The summed E-state index contributed by atoms with van der Waals surface area (Å²) in [4.78, 5) is 0. The van der Waals surface area contributed by atoms with Gasteiger partial charge in [-0.15, -0.1) is 0 Å². The summed E-state index contributed by atoms with van der Waals surface area (Å²) >= 11 is 7.10. The summed E-state index contributed by atoms with van der Waals surface area (Å²) in [6.45, 7) is 2.61. The molecule has 2 nitrogen and oxygen atoms in total. The topological polar surface area (TPSA) is 35.8 Å². The van der Waals surface area contributed by atoms with Crippen LogP contribution in [0.15, 0.2) is 51.4 Å². The normalized spacial score (nSPS) is 11.7. The Labute approximate surface area is 136 Å². The molecule has 20 heavy (non-hydrogen) atoms. The van der Waals surface area contributed by atoms with Crippen molar-refractivity contribution < 1.29 is 0 Å². The first-order chi connectivity index (χ1) is 9.61. The molecule has 2 aromatic rings. The minimum Gasteiger partial charge on any atom is -0.382 e. The van der Waals surface area contributed by atoms with Gasteiger partial charge in [0.2, 0.25) is 0 Å². The fraction of sp³-hybridized carbons (Fsp3) is 0.188. The van der Waals surface area contributed by atoms with Crippen molar-refractivity contribution in [2.75, 3.05) is 11.9 Å². The van der Waals surface area contributed by atoms with E-state index in [9.17, 15) is 5.26 Å². The Morgan fingerprint density at radius 1 is 1.15 bits per heavy atom. The van der Waals surface area contributed by atoms with E-state index in [0.717, 1.165) is 20.2 Å². The maximum atomic E-state index is 9.33. The first-order valence-electron chi connectivity index (χ1n) is 6.26. The Hall–Kier alpha value is -1.31. The van der Waals surface area contributed by atoms with Gasteiger partial charge in [-0.3, -0.25) is 0 Å². The lowest BCUT2D eigenvalue weighted by Crippen LogP contribution is -2.12. The molecule has 0 spiro atoms. The summed E-state index contributed by atoms with van der Waals surface area (Å²) in [5.74, 6) is -0.170. The lowest BCUT2D eigenvalue weighted by Gasteiger charge is -2.15. The van der Waals surface area contributed by atoms with Crippen molar-refractivity contribution in [1.29, 1.82) is 5.26 Å². The third-order valence-electron chi connectivity index (χ3n) is 3.03. The molecule has 102 valence electrons. The second-order valence-electron chi connectivity index (χ2n) is 4.58. The van der Waals surface area contributed by atoms with Crippen LogP contribution in [0, 0.1) is 18.3 Å². The quantitative estimate of drug-likeness (QED) is 0.770. The van der Waals surface area contributed by atoms with Crippen molar-refractivity contribution in [1.82, 2.24) is 0 Å². The molecule has 1 N–H and O–H groups in total. The molecule has 1 unspecified atom stereocenters. The zero-order valence-corrected chi connectivity index (χ0v) is 14.2. The Balaban J connectivity index is 2.14. The van der Waals surface area contributed by atoms with E-state index in [1.54, 1.807) is 0 Å². The molecule has 0 aliphatic rings. The number of benzene rings is 2. The van der Waals surface area contributed by atoms with Crippen molar-refractivity contribution in [3.63, 3.8) is 0 Å². The van der Waals surface area contributed by atoms with Gasteiger partial charge in [0.15, 0.2) is 0 Å². The SMILES string of the molecule is Cc1cc(Br)c(NCC(C#N)c2ccccc2)c(Br)c1. The predicted molar refractivity (Wildman–Crippen MR) is 89.9 cm³/mol. The summed E-state index contributed by atoms with van der Waals surface area (Å²) in [6.07, 6.45) is 0. The van der Waals surface area contributed by atoms with Gasteiger partial charge >= 0.3 is 0 Å². The Bertz CT molecular complexity index is 610. The van der Waals surface area contributed by atoms with Gasteiger partial charge in [0.05, 0.1) is 17.7 Å². The highest BCUT2D eigenvalue weighted by Crippen LogP contribution is 2.32. The predicted octanol–water partition coefficient (Wildman–Crippen LogP) is 5.24. The molecule has 0 fully saturated rings. The number of aryl methyl sites for hydroxylation is 1. The summed E-state index contributed by atoms with van der Waals surface area (Å²) in [5, 5.41) is 12.7. The number of rotatable bonds is 4. The summed E-state index contributed by atoms with van der Waals surface area (Å²) in [6, 6.07) is 16.3. The van der Waals surface area contributed by atoms with Crippen LogP contribution in [0.4, 0.5) is 5.69 Å². The smallest absolute Gasteiger partial charge is 0.0885 e. The lowest BCUT2D eigenvalue weighted by molar-refractivity contribution is 0.899. The molecule has 0 saturated heterocycles. The molecule has 2 aromatic carbocycles.